The summed E-state index contributed by atoms with van der Waals surface area (Å²) in [6, 6.07) is 3.36. The summed E-state index contributed by atoms with van der Waals surface area (Å²) in [5.74, 6) is -2.28. The fourth-order valence-corrected chi connectivity index (χ4v) is 7.57. The number of fused-ring (bicyclic) bond motifs is 1. The van der Waals surface area contributed by atoms with Crippen molar-refractivity contribution in [2.24, 2.45) is 23.2 Å². The molecule has 3 heterocycles. The van der Waals surface area contributed by atoms with Crippen LogP contribution in [-0.2, 0) is 33.2 Å². The maximum Gasteiger partial charge on any atom is 0.407 e. The lowest BCUT2D eigenvalue weighted by atomic mass is 9.64. The lowest BCUT2D eigenvalue weighted by Crippen LogP contribution is -2.48. The zero-order chi connectivity index (χ0) is 37.5. The number of rotatable bonds is 13. The first kappa shape index (κ1) is 39.9. The molecule has 4 rings (SSSR count). The van der Waals surface area contributed by atoms with Crippen molar-refractivity contribution in [2.75, 3.05) is 20.2 Å². The largest absolute Gasteiger partial charge is 0.456 e. The Bertz CT molecular complexity index is 1430. The van der Waals surface area contributed by atoms with Crippen molar-refractivity contribution in [1.82, 2.24) is 15.6 Å². The van der Waals surface area contributed by atoms with E-state index in [2.05, 4.69) is 34.7 Å². The van der Waals surface area contributed by atoms with Gasteiger partial charge in [0.2, 0.25) is 0 Å². The molecule has 2 aliphatic heterocycles. The van der Waals surface area contributed by atoms with Crippen LogP contribution >= 0.6 is 0 Å². The summed E-state index contributed by atoms with van der Waals surface area (Å²) in [7, 11) is 1.47. The Labute approximate surface area is 301 Å². The van der Waals surface area contributed by atoms with Crippen LogP contribution in [0.4, 0.5) is 9.59 Å². The molecule has 11 atom stereocenters. The number of aromatic nitrogens is 1. The average Bonchev–Trinajstić information content (AvgIpc) is 3.72. The molecule has 1 fully saturated rings. The van der Waals surface area contributed by atoms with Crippen molar-refractivity contribution < 1.29 is 47.6 Å². The Hall–Kier alpha value is -3.84. The smallest absolute Gasteiger partial charge is 0.407 e. The Morgan fingerprint density at radius 1 is 1.06 bits per heavy atom. The van der Waals surface area contributed by atoms with Gasteiger partial charge in [-0.1, -0.05) is 52.8 Å². The van der Waals surface area contributed by atoms with Gasteiger partial charge in [-0.2, -0.15) is 0 Å². The normalized spacial score (nSPS) is 32.1. The SMILES string of the molecule is CCCNC(=O)O[C@@H](C)[C@@H](C)[C@@H](OC(=O)c1ccc[nH]1)[C@@H]1O[C@]23C[C@@]1(C)C=C[C@@H]2C[C@H](OC)C(=O)O[C@H]([C@@H](C)OC(=O)NCCC)[C@H](C)/C=C/3C. The van der Waals surface area contributed by atoms with Gasteiger partial charge in [0.25, 0.3) is 0 Å². The molecular formula is C38H57N3O10. The summed E-state index contributed by atoms with van der Waals surface area (Å²) >= 11 is 0. The van der Waals surface area contributed by atoms with Gasteiger partial charge in [-0.25, -0.2) is 19.2 Å². The van der Waals surface area contributed by atoms with E-state index in [0.717, 1.165) is 18.4 Å². The minimum Gasteiger partial charge on any atom is -0.456 e. The first-order valence-electron chi connectivity index (χ1n) is 18.2. The number of esters is 2. The predicted molar refractivity (Wildman–Crippen MR) is 189 cm³/mol. The molecule has 0 radical (unpaired) electrons. The first-order chi connectivity index (χ1) is 24.2. The molecule has 13 heteroatoms. The Balaban J connectivity index is 1.73. The number of nitrogens with one attached hydrogen (secondary N) is 3. The summed E-state index contributed by atoms with van der Waals surface area (Å²) in [6.45, 7) is 16.2. The van der Waals surface area contributed by atoms with Gasteiger partial charge >= 0.3 is 24.1 Å². The van der Waals surface area contributed by atoms with Crippen molar-refractivity contribution in [3.8, 4) is 0 Å². The van der Waals surface area contributed by atoms with Crippen molar-refractivity contribution in [3.05, 3.63) is 47.8 Å². The molecule has 0 unspecified atom stereocenters. The summed E-state index contributed by atoms with van der Waals surface area (Å²) in [5, 5.41) is 5.45. The van der Waals surface area contributed by atoms with Crippen molar-refractivity contribution in [3.63, 3.8) is 0 Å². The standard InChI is InChI=1S/C38H57N3O10/c1-10-16-40-35(44)47-25(6)24(5)31(50-33(42)28-13-12-18-39-28)32-37(8)15-14-27-20-29(46-9)34(43)49-30(26(7)48-36(45)41-17-11-2)22(3)19-23(4)38(27,21-37)51-32/h12-15,18-19,22,24-27,29-32,39H,10-11,16-17,20-21H2,1-9H3,(H,40,44)(H,41,45)/b23-19+/t22-,24-,25+,26-,27-,29+,30+,31-,32+,37-,38+/m1/s1. The van der Waals surface area contributed by atoms with E-state index in [-0.39, 0.29) is 24.0 Å². The lowest BCUT2D eigenvalue weighted by molar-refractivity contribution is -0.172. The molecule has 0 saturated carbocycles. The molecule has 3 N–H and O–H groups in total. The topological polar surface area (TPSA) is 164 Å². The molecule has 1 aromatic heterocycles. The van der Waals surface area contributed by atoms with Crippen LogP contribution in [0.1, 0.15) is 91.6 Å². The van der Waals surface area contributed by atoms with E-state index in [1.807, 2.05) is 40.7 Å². The quantitative estimate of drug-likeness (QED) is 0.128. The van der Waals surface area contributed by atoms with Crippen LogP contribution in [0.15, 0.2) is 42.1 Å². The van der Waals surface area contributed by atoms with Crippen LogP contribution in [0, 0.1) is 23.2 Å². The van der Waals surface area contributed by atoms with Gasteiger partial charge < -0.3 is 44.0 Å². The third kappa shape index (κ3) is 8.97. The minimum absolute atomic E-state index is 0.257. The molecule has 3 aliphatic rings. The third-order valence-electron chi connectivity index (χ3n) is 10.6. The Morgan fingerprint density at radius 3 is 2.33 bits per heavy atom. The van der Waals surface area contributed by atoms with Gasteiger partial charge in [0.15, 0.2) is 6.10 Å². The molecule has 1 spiro atoms. The molecular weight excluding hydrogens is 658 g/mol. The van der Waals surface area contributed by atoms with Gasteiger partial charge in [0.1, 0.15) is 36.2 Å². The van der Waals surface area contributed by atoms with Gasteiger partial charge in [0, 0.05) is 49.6 Å². The molecule has 1 saturated heterocycles. The number of ether oxygens (including phenoxy) is 6. The number of carbonyl (C=O) groups excluding carboxylic acids is 4. The highest BCUT2D eigenvalue weighted by molar-refractivity contribution is 5.87. The predicted octanol–water partition coefficient (Wildman–Crippen LogP) is 5.86. The third-order valence-corrected chi connectivity index (χ3v) is 10.6. The zero-order valence-electron chi connectivity index (χ0n) is 31.5. The molecule has 2 bridgehead atoms. The fraction of sp³-hybridized carbons (Fsp3) is 0.684. The van der Waals surface area contributed by atoms with Crippen LogP contribution in [0.2, 0.25) is 0 Å². The second kappa shape index (κ2) is 17.1. The monoisotopic (exact) mass is 715 g/mol. The fourth-order valence-electron chi connectivity index (χ4n) is 7.57. The van der Waals surface area contributed by atoms with Gasteiger partial charge in [0.05, 0.1) is 5.60 Å². The number of alkyl carbamates (subject to hydrolysis) is 2. The minimum atomic E-state index is -0.930. The summed E-state index contributed by atoms with van der Waals surface area (Å²) in [4.78, 5) is 55.1. The number of amides is 2. The van der Waals surface area contributed by atoms with Crippen molar-refractivity contribution in [2.45, 2.75) is 123 Å². The van der Waals surface area contributed by atoms with Crippen LogP contribution < -0.4 is 10.6 Å². The van der Waals surface area contributed by atoms with Crippen LogP contribution in [-0.4, -0.2) is 91.5 Å². The molecule has 51 heavy (non-hydrogen) atoms. The van der Waals surface area contributed by atoms with E-state index in [4.69, 9.17) is 28.4 Å². The second-order valence-corrected chi connectivity index (χ2v) is 14.5. The molecule has 1 aliphatic carbocycles. The highest BCUT2D eigenvalue weighted by atomic mass is 16.6. The van der Waals surface area contributed by atoms with E-state index < -0.39 is 77.7 Å². The van der Waals surface area contributed by atoms with E-state index in [9.17, 15) is 19.2 Å². The van der Waals surface area contributed by atoms with E-state index in [1.165, 1.54) is 7.11 Å². The summed E-state index contributed by atoms with van der Waals surface area (Å²) < 4.78 is 36.7. The van der Waals surface area contributed by atoms with E-state index >= 15 is 0 Å². The first-order valence-corrected chi connectivity index (χ1v) is 18.2. The summed E-state index contributed by atoms with van der Waals surface area (Å²) in [5.41, 5.74) is -0.337. The highest BCUT2D eigenvalue weighted by Gasteiger charge is 2.62. The highest BCUT2D eigenvalue weighted by Crippen LogP contribution is 2.58. The van der Waals surface area contributed by atoms with E-state index in [1.54, 1.807) is 32.2 Å². The molecule has 1 aromatic rings. The van der Waals surface area contributed by atoms with Crippen molar-refractivity contribution >= 4 is 24.1 Å². The molecule has 2 amide bonds. The Morgan fingerprint density at radius 2 is 1.73 bits per heavy atom. The number of hydrogen-bond donors (Lipinski definition) is 3. The zero-order valence-corrected chi connectivity index (χ0v) is 31.5. The Kier molecular flexibility index (Phi) is 13.4. The maximum absolute atomic E-state index is 13.6. The van der Waals surface area contributed by atoms with Crippen molar-refractivity contribution in [1.29, 1.82) is 0 Å². The van der Waals surface area contributed by atoms with Gasteiger partial charge in [-0.15, -0.1) is 0 Å². The van der Waals surface area contributed by atoms with Gasteiger partial charge in [-0.3, -0.25) is 0 Å². The number of cyclic esters (lactones) is 1. The maximum atomic E-state index is 13.6. The van der Waals surface area contributed by atoms with Crippen LogP contribution in [0.5, 0.6) is 0 Å². The number of aromatic amines is 1. The summed E-state index contributed by atoms with van der Waals surface area (Å²) in [6.07, 6.45) is 4.34. The van der Waals surface area contributed by atoms with Gasteiger partial charge in [-0.05, 0) is 64.2 Å². The molecule has 0 aromatic carbocycles. The number of H-pyrrole nitrogens is 1. The second-order valence-electron chi connectivity index (χ2n) is 14.5. The average molecular weight is 716 g/mol. The van der Waals surface area contributed by atoms with Crippen LogP contribution in [0.25, 0.3) is 0 Å². The van der Waals surface area contributed by atoms with Crippen LogP contribution in [0.3, 0.4) is 0 Å². The lowest BCUT2D eigenvalue weighted by Gasteiger charge is -2.42. The molecule has 13 nitrogen and oxygen atoms in total. The number of methoxy groups -OCH3 is 1. The van der Waals surface area contributed by atoms with E-state index in [0.29, 0.717) is 19.5 Å². The number of carbonyl (C=O) groups is 4. The number of hydrogen-bond acceptors (Lipinski definition) is 10. The molecule has 284 valence electrons.